The summed E-state index contributed by atoms with van der Waals surface area (Å²) in [7, 11) is 0. The van der Waals surface area contributed by atoms with E-state index in [-0.39, 0.29) is 46.2 Å². The molecule has 0 amide bonds. The predicted molar refractivity (Wildman–Crippen MR) is 119 cm³/mol. The number of aliphatic hydroxyl groups is 1. The van der Waals surface area contributed by atoms with Gasteiger partial charge in [0.15, 0.2) is 10.9 Å². The Morgan fingerprint density at radius 2 is 2.03 bits per heavy atom. The van der Waals surface area contributed by atoms with Gasteiger partial charge in [0.05, 0.1) is 12.1 Å². The van der Waals surface area contributed by atoms with Crippen LogP contribution in [0.25, 0.3) is 0 Å². The molecule has 0 saturated heterocycles. The molecular formula is C25H33ClFN3O2. The molecule has 0 spiro atoms. The van der Waals surface area contributed by atoms with Gasteiger partial charge in [0.2, 0.25) is 0 Å². The lowest BCUT2D eigenvalue weighted by Crippen LogP contribution is -2.58. The van der Waals surface area contributed by atoms with Crippen molar-refractivity contribution in [1.82, 2.24) is 9.78 Å². The van der Waals surface area contributed by atoms with Gasteiger partial charge in [0.1, 0.15) is 17.3 Å². The fourth-order valence-electron chi connectivity index (χ4n) is 8.33. The Balaban J connectivity index is 1.34. The van der Waals surface area contributed by atoms with Crippen LogP contribution < -0.4 is 0 Å². The number of fused-ring (bicyclic) bond motifs is 5. The number of alkyl halides is 1. The first kappa shape index (κ1) is 22.3. The van der Waals surface area contributed by atoms with E-state index in [0.29, 0.717) is 31.1 Å². The van der Waals surface area contributed by atoms with Crippen molar-refractivity contribution in [2.75, 3.05) is 0 Å². The molecule has 5 rings (SSSR count). The molecule has 4 aliphatic carbocycles. The van der Waals surface area contributed by atoms with Crippen molar-refractivity contribution in [3.63, 3.8) is 0 Å². The maximum absolute atomic E-state index is 16.5. The molecule has 1 heterocycles. The lowest BCUT2D eigenvalue weighted by molar-refractivity contribution is -0.166. The van der Waals surface area contributed by atoms with Gasteiger partial charge in [-0.25, -0.2) is 4.39 Å². The van der Waals surface area contributed by atoms with Crippen LogP contribution in [-0.4, -0.2) is 31.9 Å². The Hall–Kier alpha value is -1.45. The topological polar surface area (TPSA) is 78.9 Å². The highest BCUT2D eigenvalue weighted by molar-refractivity contribution is 6.30. The van der Waals surface area contributed by atoms with E-state index in [4.69, 9.17) is 16.9 Å². The highest BCUT2D eigenvalue weighted by Crippen LogP contribution is 2.66. The van der Waals surface area contributed by atoms with Crippen molar-refractivity contribution in [3.8, 4) is 6.07 Å². The summed E-state index contributed by atoms with van der Waals surface area (Å²) in [6.07, 6.45) is 8.54. The Labute approximate surface area is 194 Å². The maximum atomic E-state index is 16.5. The van der Waals surface area contributed by atoms with Gasteiger partial charge >= 0.3 is 0 Å². The van der Waals surface area contributed by atoms with Crippen molar-refractivity contribution >= 4 is 17.4 Å². The van der Waals surface area contributed by atoms with E-state index in [2.05, 4.69) is 12.0 Å². The number of hydrogen-bond acceptors (Lipinski definition) is 4. The van der Waals surface area contributed by atoms with E-state index >= 15 is 4.39 Å². The van der Waals surface area contributed by atoms with Gasteiger partial charge in [0.25, 0.3) is 0 Å². The zero-order valence-corrected chi connectivity index (χ0v) is 19.7. The van der Waals surface area contributed by atoms with Crippen LogP contribution in [0.2, 0.25) is 5.15 Å². The summed E-state index contributed by atoms with van der Waals surface area (Å²) in [6.45, 7) is 4.24. The van der Waals surface area contributed by atoms with Gasteiger partial charge in [0, 0.05) is 12.1 Å². The van der Waals surface area contributed by atoms with Gasteiger partial charge in [-0.2, -0.15) is 10.4 Å². The molecule has 4 aliphatic rings. The third-order valence-corrected chi connectivity index (χ3v) is 10.1. The second-order valence-corrected chi connectivity index (χ2v) is 11.9. The summed E-state index contributed by atoms with van der Waals surface area (Å²) in [5.74, 6) is 0.834. The summed E-state index contributed by atoms with van der Waals surface area (Å²) in [4.78, 5) is 13.3. The molecule has 0 aromatic carbocycles. The fraction of sp³-hybridized carbons (Fsp3) is 0.800. The number of aromatic nitrogens is 2. The fourth-order valence-corrected chi connectivity index (χ4v) is 8.52. The van der Waals surface area contributed by atoms with Gasteiger partial charge in [-0.1, -0.05) is 18.5 Å². The Bertz CT molecular complexity index is 971. The minimum absolute atomic E-state index is 0.0328. The maximum Gasteiger partial charge on any atom is 0.168 e. The summed E-state index contributed by atoms with van der Waals surface area (Å²) in [5, 5.41) is 23.9. The van der Waals surface area contributed by atoms with Gasteiger partial charge in [-0.15, -0.1) is 0 Å². The van der Waals surface area contributed by atoms with Crippen molar-refractivity contribution in [1.29, 1.82) is 5.26 Å². The number of rotatable bonds is 3. The van der Waals surface area contributed by atoms with Crippen molar-refractivity contribution < 1.29 is 14.3 Å². The van der Waals surface area contributed by atoms with Crippen LogP contribution in [0.3, 0.4) is 0 Å². The Morgan fingerprint density at radius 3 is 2.75 bits per heavy atom. The molecule has 4 saturated carbocycles. The van der Waals surface area contributed by atoms with E-state index in [9.17, 15) is 9.90 Å². The van der Waals surface area contributed by atoms with Gasteiger partial charge < -0.3 is 5.11 Å². The lowest BCUT2D eigenvalue weighted by atomic mass is 9.48. The van der Waals surface area contributed by atoms with Gasteiger partial charge in [-0.3, -0.25) is 9.48 Å². The first-order chi connectivity index (χ1) is 15.1. The van der Waals surface area contributed by atoms with Crippen molar-refractivity contribution in [2.45, 2.75) is 89.4 Å². The highest BCUT2D eigenvalue weighted by Gasteiger charge is 2.63. The van der Waals surface area contributed by atoms with Crippen molar-refractivity contribution in [2.24, 2.45) is 35.0 Å². The van der Waals surface area contributed by atoms with Crippen LogP contribution in [0.1, 0.15) is 77.2 Å². The molecule has 1 N–H and O–H groups in total. The number of hydrogen-bond donors (Lipinski definition) is 1. The largest absolute Gasteiger partial charge is 0.390 e. The number of nitriles is 1. The molecule has 7 heteroatoms. The number of Topliss-reactive ketones (excluding diaryl/α,β-unsaturated/α-hetero) is 1. The Kier molecular flexibility index (Phi) is 5.26. The summed E-state index contributed by atoms with van der Waals surface area (Å²) >= 11 is 5.97. The summed E-state index contributed by atoms with van der Waals surface area (Å²) < 4.78 is 18.0. The predicted octanol–water partition coefficient (Wildman–Crippen LogP) is 5.09. The van der Waals surface area contributed by atoms with Crippen LogP contribution in [-0.2, 0) is 11.3 Å². The van der Waals surface area contributed by atoms with Crippen LogP contribution in [0, 0.1) is 46.3 Å². The number of nitrogens with zero attached hydrogens (tertiary/aromatic N) is 3. The average Bonchev–Trinajstić information content (AvgIpc) is 3.27. The molecule has 4 fully saturated rings. The first-order valence-corrected chi connectivity index (χ1v) is 12.5. The molecule has 0 bridgehead atoms. The van der Waals surface area contributed by atoms with E-state index in [1.165, 1.54) is 10.9 Å². The molecular weight excluding hydrogens is 429 g/mol. The monoisotopic (exact) mass is 461 g/mol. The van der Waals surface area contributed by atoms with E-state index in [1.807, 2.05) is 13.0 Å². The molecule has 1 aromatic heterocycles. The molecule has 5 nitrogen and oxygen atoms in total. The minimum atomic E-state index is -1.16. The zero-order valence-electron chi connectivity index (χ0n) is 19.0. The third kappa shape index (κ3) is 3.34. The SMILES string of the molecule is C[C@@]1(O)CC[C@@]2(F)[C@H](CC[C@H]3[C@@H]4CC[C@H](C(=O)Cn5cc(C#N)c(Cl)n5)[C@@]4(C)CC[C@@H]32)C1. The van der Waals surface area contributed by atoms with E-state index in [0.717, 1.165) is 38.5 Å². The molecule has 0 aliphatic heterocycles. The molecule has 8 atom stereocenters. The number of halogens is 2. The molecule has 1 aromatic rings. The number of carbonyl (C=O) groups excluding carboxylic acids is 1. The molecule has 0 unspecified atom stereocenters. The molecule has 174 valence electrons. The highest BCUT2D eigenvalue weighted by atomic mass is 35.5. The second-order valence-electron chi connectivity index (χ2n) is 11.6. The number of ketones is 1. The normalized spacial score (nSPS) is 45.4. The van der Waals surface area contributed by atoms with E-state index in [1.54, 1.807) is 0 Å². The van der Waals surface area contributed by atoms with Crippen LogP contribution >= 0.6 is 11.6 Å². The average molecular weight is 462 g/mol. The van der Waals surface area contributed by atoms with Crippen LogP contribution in [0.5, 0.6) is 0 Å². The van der Waals surface area contributed by atoms with Crippen LogP contribution in [0.15, 0.2) is 6.20 Å². The molecule has 32 heavy (non-hydrogen) atoms. The minimum Gasteiger partial charge on any atom is -0.390 e. The standard InChI is InChI=1S/C25H33ClFN3O2/c1-23(32)9-10-25(27)16(11-23)3-4-17-18-5-6-20(24(18,2)8-7-19(17)25)21(31)14-30-13-15(12-28)22(26)29-30/h13,16-20,32H,3-11,14H2,1-2H3/t16-,17+,18+,19+,20-,23-,24+,25-/m1/s1. The Morgan fingerprint density at radius 1 is 1.25 bits per heavy atom. The lowest BCUT2D eigenvalue weighted by Gasteiger charge is -2.59. The van der Waals surface area contributed by atoms with Crippen LogP contribution in [0.4, 0.5) is 4.39 Å². The second kappa shape index (κ2) is 7.53. The third-order valence-electron chi connectivity index (χ3n) is 9.86. The summed E-state index contributed by atoms with van der Waals surface area (Å²) in [6, 6.07) is 2.00. The smallest absolute Gasteiger partial charge is 0.168 e. The van der Waals surface area contributed by atoms with E-state index < -0.39 is 11.3 Å². The zero-order chi connectivity index (χ0) is 22.9. The quantitative estimate of drug-likeness (QED) is 0.680. The number of carbonyl (C=O) groups is 1. The molecule has 0 radical (unpaired) electrons. The van der Waals surface area contributed by atoms with Crippen molar-refractivity contribution in [3.05, 3.63) is 16.9 Å². The summed E-state index contributed by atoms with van der Waals surface area (Å²) in [5.41, 5.74) is -1.71. The first-order valence-electron chi connectivity index (χ1n) is 12.1. The van der Waals surface area contributed by atoms with Gasteiger partial charge in [-0.05, 0) is 93.8 Å².